The van der Waals surface area contributed by atoms with Crippen LogP contribution in [0.5, 0.6) is 17.2 Å². The van der Waals surface area contributed by atoms with Crippen molar-refractivity contribution in [2.24, 2.45) is 0 Å². The summed E-state index contributed by atoms with van der Waals surface area (Å²) in [7, 11) is 3.22. The number of anilines is 1. The van der Waals surface area contributed by atoms with E-state index >= 15 is 0 Å². The van der Waals surface area contributed by atoms with Gasteiger partial charge in [-0.05, 0) is 50.3 Å². The van der Waals surface area contributed by atoms with E-state index in [1.54, 1.807) is 32.4 Å². The predicted octanol–water partition coefficient (Wildman–Crippen LogP) is 4.47. The molecule has 0 aliphatic rings. The number of nitrogens with zero attached hydrogens (tertiary/aromatic N) is 1. The molecule has 0 atom stereocenters. The van der Waals surface area contributed by atoms with Crippen LogP contribution in [0.15, 0.2) is 36.4 Å². The number of rotatable bonds is 10. The van der Waals surface area contributed by atoms with E-state index in [4.69, 9.17) is 14.2 Å². The molecule has 1 amide bonds. The Morgan fingerprint density at radius 1 is 1.03 bits per heavy atom. The number of nitrogens with one attached hydrogen (secondary N) is 2. The summed E-state index contributed by atoms with van der Waals surface area (Å²) in [6.45, 7) is 9.45. The second-order valence-electron chi connectivity index (χ2n) is 7.23. The molecule has 0 radical (unpaired) electrons. The van der Waals surface area contributed by atoms with E-state index in [2.05, 4.69) is 29.0 Å². The highest BCUT2D eigenvalue weighted by Crippen LogP contribution is 2.31. The number of benzene rings is 2. The van der Waals surface area contributed by atoms with Gasteiger partial charge in [0.05, 0.1) is 19.8 Å². The van der Waals surface area contributed by atoms with Gasteiger partial charge >= 0.3 is 0 Å². The molecule has 3 rings (SSSR count). The molecule has 0 unspecified atom stereocenters. The Morgan fingerprint density at radius 2 is 1.81 bits per heavy atom. The van der Waals surface area contributed by atoms with E-state index in [1.165, 1.54) is 0 Å². The molecular formula is C24H31N3O4. The zero-order chi connectivity index (χ0) is 22.4. The number of H-pyrrole nitrogens is 1. The Bertz CT molecular complexity index is 1040. The van der Waals surface area contributed by atoms with E-state index < -0.39 is 0 Å². The Kier molecular flexibility index (Phi) is 7.41. The van der Waals surface area contributed by atoms with Crippen molar-refractivity contribution in [2.75, 3.05) is 45.8 Å². The Labute approximate surface area is 183 Å². The number of aromatic amines is 1. The topological polar surface area (TPSA) is 75.8 Å². The van der Waals surface area contributed by atoms with E-state index in [0.717, 1.165) is 36.2 Å². The number of methoxy groups -OCH3 is 2. The summed E-state index contributed by atoms with van der Waals surface area (Å²) in [5.74, 6) is 1.74. The number of aromatic nitrogens is 1. The van der Waals surface area contributed by atoms with Gasteiger partial charge in [-0.25, -0.2) is 0 Å². The minimum absolute atomic E-state index is 0.198. The third-order valence-electron chi connectivity index (χ3n) is 5.40. The lowest BCUT2D eigenvalue weighted by Crippen LogP contribution is -2.28. The van der Waals surface area contributed by atoms with Gasteiger partial charge in [-0.1, -0.05) is 13.8 Å². The van der Waals surface area contributed by atoms with Crippen LogP contribution in [0.25, 0.3) is 10.9 Å². The highest BCUT2D eigenvalue weighted by atomic mass is 16.5. The van der Waals surface area contributed by atoms with Gasteiger partial charge in [0.25, 0.3) is 5.91 Å². The first-order valence-corrected chi connectivity index (χ1v) is 10.5. The van der Waals surface area contributed by atoms with E-state index in [-0.39, 0.29) is 5.91 Å². The summed E-state index contributed by atoms with van der Waals surface area (Å²) in [6.07, 6.45) is 0. The first-order chi connectivity index (χ1) is 15.0. The van der Waals surface area contributed by atoms with Crippen LogP contribution >= 0.6 is 0 Å². The van der Waals surface area contributed by atoms with E-state index in [0.29, 0.717) is 35.1 Å². The molecule has 2 N–H and O–H groups in total. The second kappa shape index (κ2) is 10.2. The SMILES string of the molecule is CCN(CC)CCOc1cc(NC(=O)c2c(C)[nH]c3ccc(OC)cc23)ccc1OC. The van der Waals surface area contributed by atoms with Gasteiger partial charge in [0.15, 0.2) is 11.5 Å². The number of ether oxygens (including phenoxy) is 3. The van der Waals surface area contributed by atoms with Gasteiger partial charge in [-0.3, -0.25) is 4.79 Å². The molecule has 0 aliphatic carbocycles. The third-order valence-corrected chi connectivity index (χ3v) is 5.40. The zero-order valence-corrected chi connectivity index (χ0v) is 18.9. The van der Waals surface area contributed by atoms with Crippen molar-refractivity contribution in [3.63, 3.8) is 0 Å². The molecule has 1 heterocycles. The van der Waals surface area contributed by atoms with Crippen molar-refractivity contribution in [1.82, 2.24) is 9.88 Å². The predicted molar refractivity (Wildman–Crippen MR) is 124 cm³/mol. The van der Waals surface area contributed by atoms with Crippen molar-refractivity contribution < 1.29 is 19.0 Å². The van der Waals surface area contributed by atoms with Crippen molar-refractivity contribution in [1.29, 1.82) is 0 Å². The molecular weight excluding hydrogens is 394 g/mol. The largest absolute Gasteiger partial charge is 0.497 e. The molecule has 3 aromatic rings. The molecule has 166 valence electrons. The monoisotopic (exact) mass is 425 g/mol. The van der Waals surface area contributed by atoms with Gasteiger partial charge in [0.2, 0.25) is 0 Å². The standard InChI is InChI=1S/C24H31N3O4/c1-6-27(7-2)12-13-31-22-14-17(8-11-21(22)30-5)26-24(28)23-16(3)25-20-10-9-18(29-4)15-19(20)23/h8-11,14-15,25H,6-7,12-13H2,1-5H3,(H,26,28). The lowest BCUT2D eigenvalue weighted by atomic mass is 10.1. The molecule has 0 spiro atoms. The molecule has 31 heavy (non-hydrogen) atoms. The number of aryl methyl sites for hydroxylation is 1. The fourth-order valence-electron chi connectivity index (χ4n) is 3.61. The zero-order valence-electron chi connectivity index (χ0n) is 18.9. The number of likely N-dealkylation sites (N-methyl/N-ethyl adjacent to an activating group) is 1. The van der Waals surface area contributed by atoms with E-state index in [9.17, 15) is 4.79 Å². The van der Waals surface area contributed by atoms with Gasteiger partial charge in [-0.2, -0.15) is 0 Å². The highest BCUT2D eigenvalue weighted by molar-refractivity contribution is 6.14. The number of hydrogen-bond donors (Lipinski definition) is 2. The Balaban J connectivity index is 1.80. The lowest BCUT2D eigenvalue weighted by molar-refractivity contribution is 0.102. The first-order valence-electron chi connectivity index (χ1n) is 10.5. The molecule has 0 saturated heterocycles. The second-order valence-corrected chi connectivity index (χ2v) is 7.23. The van der Waals surface area contributed by atoms with Crippen LogP contribution in [0.3, 0.4) is 0 Å². The van der Waals surface area contributed by atoms with Crippen LogP contribution in [0, 0.1) is 6.92 Å². The maximum absolute atomic E-state index is 13.1. The number of carbonyl (C=O) groups is 1. The number of fused-ring (bicyclic) bond motifs is 1. The maximum atomic E-state index is 13.1. The molecule has 1 aromatic heterocycles. The van der Waals surface area contributed by atoms with Crippen molar-refractivity contribution in [3.05, 3.63) is 47.7 Å². The van der Waals surface area contributed by atoms with Crippen LogP contribution < -0.4 is 19.5 Å². The summed E-state index contributed by atoms with van der Waals surface area (Å²) in [6, 6.07) is 11.0. The number of hydrogen-bond acceptors (Lipinski definition) is 5. The van der Waals surface area contributed by atoms with E-state index in [1.807, 2.05) is 25.1 Å². The molecule has 0 bridgehead atoms. The number of carbonyl (C=O) groups excluding carboxylic acids is 1. The summed E-state index contributed by atoms with van der Waals surface area (Å²) >= 11 is 0. The summed E-state index contributed by atoms with van der Waals surface area (Å²) < 4.78 is 16.7. The Morgan fingerprint density at radius 3 is 2.48 bits per heavy atom. The van der Waals surface area contributed by atoms with Crippen LogP contribution in [-0.2, 0) is 0 Å². The summed E-state index contributed by atoms with van der Waals surface area (Å²) in [5.41, 5.74) is 2.91. The summed E-state index contributed by atoms with van der Waals surface area (Å²) in [4.78, 5) is 18.6. The smallest absolute Gasteiger partial charge is 0.258 e. The van der Waals surface area contributed by atoms with Gasteiger partial charge in [-0.15, -0.1) is 0 Å². The van der Waals surface area contributed by atoms with Gasteiger partial charge < -0.3 is 29.4 Å². The van der Waals surface area contributed by atoms with Crippen molar-refractivity contribution in [2.45, 2.75) is 20.8 Å². The highest BCUT2D eigenvalue weighted by Gasteiger charge is 2.18. The molecule has 2 aromatic carbocycles. The number of amides is 1. The average molecular weight is 426 g/mol. The molecule has 0 aliphatic heterocycles. The van der Waals surface area contributed by atoms with Crippen LogP contribution in [0.1, 0.15) is 29.9 Å². The van der Waals surface area contributed by atoms with Crippen LogP contribution in [0.2, 0.25) is 0 Å². The first kappa shape index (κ1) is 22.5. The minimum atomic E-state index is -0.198. The molecule has 7 nitrogen and oxygen atoms in total. The normalized spacial score (nSPS) is 11.0. The summed E-state index contributed by atoms with van der Waals surface area (Å²) in [5, 5.41) is 3.80. The quantitative estimate of drug-likeness (QED) is 0.501. The minimum Gasteiger partial charge on any atom is -0.497 e. The molecule has 0 saturated carbocycles. The van der Waals surface area contributed by atoms with Crippen molar-refractivity contribution >= 4 is 22.5 Å². The molecule has 7 heteroatoms. The van der Waals surface area contributed by atoms with Crippen LogP contribution in [0.4, 0.5) is 5.69 Å². The van der Waals surface area contributed by atoms with Gasteiger partial charge in [0, 0.05) is 34.9 Å². The average Bonchev–Trinajstić information content (AvgIpc) is 3.11. The maximum Gasteiger partial charge on any atom is 0.258 e. The van der Waals surface area contributed by atoms with Crippen LogP contribution in [-0.4, -0.2) is 56.3 Å². The van der Waals surface area contributed by atoms with Crippen molar-refractivity contribution in [3.8, 4) is 17.2 Å². The lowest BCUT2D eigenvalue weighted by Gasteiger charge is -2.19. The fraction of sp³-hybridized carbons (Fsp3) is 0.375. The Hall–Kier alpha value is -3.19. The molecule has 0 fully saturated rings. The fourth-order valence-corrected chi connectivity index (χ4v) is 3.61. The van der Waals surface area contributed by atoms with Gasteiger partial charge in [0.1, 0.15) is 12.4 Å². The third kappa shape index (κ3) is 5.11.